The van der Waals surface area contributed by atoms with Gasteiger partial charge in [0, 0.05) is 23.7 Å². The maximum Gasteiger partial charge on any atom is 0.251 e. The molecular weight excluding hydrogens is 284 g/mol. The first-order valence-electron chi connectivity index (χ1n) is 8.84. The molecule has 23 heavy (non-hydrogen) atoms. The minimum atomic E-state index is 0.139. The molecule has 0 radical (unpaired) electrons. The van der Waals surface area contributed by atoms with Gasteiger partial charge in [0.05, 0.1) is 0 Å². The SMILES string of the molecule is CCCCCc1c2c(c(C)[nH]c1=O)CC(c1ccncc1)CC2. The first-order chi connectivity index (χ1) is 11.2. The normalized spacial score (nSPS) is 17.0. The zero-order chi connectivity index (χ0) is 16.2. The van der Waals surface area contributed by atoms with E-state index in [1.54, 1.807) is 0 Å². The van der Waals surface area contributed by atoms with E-state index in [-0.39, 0.29) is 5.56 Å². The molecule has 0 spiro atoms. The van der Waals surface area contributed by atoms with Crippen LogP contribution in [0.4, 0.5) is 0 Å². The number of hydrogen-bond donors (Lipinski definition) is 1. The number of nitrogens with zero attached hydrogens (tertiary/aromatic N) is 1. The van der Waals surface area contributed by atoms with Crippen molar-refractivity contribution in [3.63, 3.8) is 0 Å². The van der Waals surface area contributed by atoms with Gasteiger partial charge in [0.2, 0.25) is 0 Å². The van der Waals surface area contributed by atoms with Crippen LogP contribution in [0, 0.1) is 6.92 Å². The van der Waals surface area contributed by atoms with Crippen molar-refractivity contribution in [2.75, 3.05) is 0 Å². The van der Waals surface area contributed by atoms with Crippen LogP contribution in [0.3, 0.4) is 0 Å². The number of pyridine rings is 2. The molecule has 3 heteroatoms. The molecule has 0 aromatic carbocycles. The molecule has 1 aliphatic carbocycles. The number of rotatable bonds is 5. The minimum Gasteiger partial charge on any atom is -0.326 e. The molecule has 0 saturated carbocycles. The average Bonchev–Trinajstić information content (AvgIpc) is 2.58. The van der Waals surface area contributed by atoms with Crippen LogP contribution >= 0.6 is 0 Å². The van der Waals surface area contributed by atoms with Crippen LogP contribution < -0.4 is 5.56 Å². The lowest BCUT2D eigenvalue weighted by molar-refractivity contribution is 0.571. The molecule has 0 saturated heterocycles. The van der Waals surface area contributed by atoms with Crippen LogP contribution in [0.15, 0.2) is 29.3 Å². The Hall–Kier alpha value is -1.90. The summed E-state index contributed by atoms with van der Waals surface area (Å²) in [5.74, 6) is 0.540. The Labute approximate surface area is 138 Å². The lowest BCUT2D eigenvalue weighted by Gasteiger charge is -2.28. The van der Waals surface area contributed by atoms with E-state index in [0.29, 0.717) is 5.92 Å². The Balaban J connectivity index is 1.90. The number of unbranched alkanes of at least 4 members (excludes halogenated alkanes) is 2. The molecule has 1 aliphatic rings. The molecule has 1 N–H and O–H groups in total. The van der Waals surface area contributed by atoms with E-state index in [1.165, 1.54) is 29.5 Å². The summed E-state index contributed by atoms with van der Waals surface area (Å²) in [5.41, 5.74) is 6.33. The second-order valence-electron chi connectivity index (χ2n) is 6.69. The number of fused-ring (bicyclic) bond motifs is 1. The number of aromatic amines is 1. The Kier molecular flexibility index (Phi) is 4.94. The van der Waals surface area contributed by atoms with Crippen molar-refractivity contribution < 1.29 is 0 Å². The highest BCUT2D eigenvalue weighted by Crippen LogP contribution is 2.34. The number of H-pyrrole nitrogens is 1. The monoisotopic (exact) mass is 310 g/mol. The quantitative estimate of drug-likeness (QED) is 0.846. The van der Waals surface area contributed by atoms with Gasteiger partial charge in [0.15, 0.2) is 0 Å². The van der Waals surface area contributed by atoms with Crippen LogP contribution in [-0.4, -0.2) is 9.97 Å². The lowest BCUT2D eigenvalue weighted by Crippen LogP contribution is -2.24. The third-order valence-corrected chi connectivity index (χ3v) is 5.16. The lowest BCUT2D eigenvalue weighted by atomic mass is 9.78. The van der Waals surface area contributed by atoms with Crippen molar-refractivity contribution >= 4 is 0 Å². The van der Waals surface area contributed by atoms with Crippen LogP contribution in [-0.2, 0) is 19.3 Å². The molecule has 0 bridgehead atoms. The molecule has 0 amide bonds. The first kappa shape index (κ1) is 16.0. The van der Waals surface area contributed by atoms with Gasteiger partial charge in [-0.25, -0.2) is 0 Å². The second-order valence-corrected chi connectivity index (χ2v) is 6.69. The zero-order valence-corrected chi connectivity index (χ0v) is 14.2. The maximum atomic E-state index is 12.4. The van der Waals surface area contributed by atoms with Crippen LogP contribution in [0.2, 0.25) is 0 Å². The number of nitrogens with one attached hydrogen (secondary N) is 1. The highest BCUT2D eigenvalue weighted by molar-refractivity contribution is 5.40. The van der Waals surface area contributed by atoms with Gasteiger partial charge in [0.1, 0.15) is 0 Å². The fraction of sp³-hybridized carbons (Fsp3) is 0.500. The fourth-order valence-corrected chi connectivity index (χ4v) is 3.85. The van der Waals surface area contributed by atoms with E-state index in [4.69, 9.17) is 0 Å². The van der Waals surface area contributed by atoms with Crippen LogP contribution in [0.5, 0.6) is 0 Å². The Morgan fingerprint density at radius 3 is 2.74 bits per heavy atom. The summed E-state index contributed by atoms with van der Waals surface area (Å²) in [4.78, 5) is 19.6. The van der Waals surface area contributed by atoms with Crippen molar-refractivity contribution in [1.82, 2.24) is 9.97 Å². The van der Waals surface area contributed by atoms with Gasteiger partial charge in [0.25, 0.3) is 5.56 Å². The minimum absolute atomic E-state index is 0.139. The van der Waals surface area contributed by atoms with Crippen molar-refractivity contribution in [3.8, 4) is 0 Å². The Morgan fingerprint density at radius 2 is 2.00 bits per heavy atom. The van der Waals surface area contributed by atoms with Gasteiger partial charge in [-0.05, 0) is 73.8 Å². The van der Waals surface area contributed by atoms with Gasteiger partial charge in [-0.1, -0.05) is 19.8 Å². The Morgan fingerprint density at radius 1 is 1.22 bits per heavy atom. The van der Waals surface area contributed by atoms with Crippen LogP contribution in [0.1, 0.15) is 66.5 Å². The maximum absolute atomic E-state index is 12.4. The molecule has 1 atom stereocenters. The molecular formula is C20H26N2O. The number of hydrogen-bond acceptors (Lipinski definition) is 2. The number of aryl methyl sites for hydroxylation is 1. The predicted molar refractivity (Wildman–Crippen MR) is 94.0 cm³/mol. The van der Waals surface area contributed by atoms with E-state index >= 15 is 0 Å². The molecule has 0 aliphatic heterocycles. The summed E-state index contributed by atoms with van der Waals surface area (Å²) in [6, 6.07) is 4.25. The number of aromatic nitrogens is 2. The highest BCUT2D eigenvalue weighted by atomic mass is 16.1. The molecule has 0 fully saturated rings. The standard InChI is InChI=1S/C20H26N2O/c1-3-4-5-6-18-17-8-7-16(15-9-11-21-12-10-15)13-19(17)14(2)22-20(18)23/h9-12,16H,3-8,13H2,1-2H3,(H,22,23). The van der Waals surface area contributed by atoms with E-state index in [2.05, 4.69) is 29.0 Å². The van der Waals surface area contributed by atoms with Gasteiger partial charge < -0.3 is 4.98 Å². The fourth-order valence-electron chi connectivity index (χ4n) is 3.85. The smallest absolute Gasteiger partial charge is 0.251 e. The van der Waals surface area contributed by atoms with Crippen molar-refractivity contribution in [3.05, 3.63) is 62.8 Å². The third-order valence-electron chi connectivity index (χ3n) is 5.16. The molecule has 3 rings (SSSR count). The molecule has 2 aromatic rings. The Bertz CT molecular complexity index is 718. The van der Waals surface area contributed by atoms with Crippen LogP contribution in [0.25, 0.3) is 0 Å². The molecule has 122 valence electrons. The highest BCUT2D eigenvalue weighted by Gasteiger charge is 2.25. The summed E-state index contributed by atoms with van der Waals surface area (Å²) in [5, 5.41) is 0. The molecule has 2 aromatic heterocycles. The van der Waals surface area contributed by atoms with Gasteiger partial charge in [-0.15, -0.1) is 0 Å². The van der Waals surface area contributed by atoms with E-state index < -0.39 is 0 Å². The third kappa shape index (κ3) is 3.39. The summed E-state index contributed by atoms with van der Waals surface area (Å²) >= 11 is 0. The largest absolute Gasteiger partial charge is 0.326 e. The van der Waals surface area contributed by atoms with Crippen molar-refractivity contribution in [2.45, 2.75) is 64.7 Å². The summed E-state index contributed by atoms with van der Waals surface area (Å²) < 4.78 is 0. The van der Waals surface area contributed by atoms with Gasteiger partial charge >= 0.3 is 0 Å². The first-order valence-corrected chi connectivity index (χ1v) is 8.84. The van der Waals surface area contributed by atoms with Gasteiger partial charge in [-0.2, -0.15) is 0 Å². The van der Waals surface area contributed by atoms with Gasteiger partial charge in [-0.3, -0.25) is 9.78 Å². The summed E-state index contributed by atoms with van der Waals surface area (Å²) in [7, 11) is 0. The average molecular weight is 310 g/mol. The summed E-state index contributed by atoms with van der Waals surface area (Å²) in [6.45, 7) is 4.25. The van der Waals surface area contributed by atoms with Crippen molar-refractivity contribution in [2.24, 2.45) is 0 Å². The van der Waals surface area contributed by atoms with Crippen molar-refractivity contribution in [1.29, 1.82) is 0 Å². The van der Waals surface area contributed by atoms with E-state index in [9.17, 15) is 4.79 Å². The predicted octanol–water partition coefficient (Wildman–Crippen LogP) is 4.08. The van der Waals surface area contributed by atoms with E-state index in [0.717, 1.165) is 43.4 Å². The molecule has 1 unspecified atom stereocenters. The molecule has 2 heterocycles. The second kappa shape index (κ2) is 7.12. The molecule has 3 nitrogen and oxygen atoms in total. The zero-order valence-electron chi connectivity index (χ0n) is 14.2. The summed E-state index contributed by atoms with van der Waals surface area (Å²) in [6.07, 6.45) is 11.4. The van der Waals surface area contributed by atoms with E-state index in [1.807, 2.05) is 19.3 Å². The topological polar surface area (TPSA) is 45.8 Å².